The highest BCUT2D eigenvalue weighted by Gasteiger charge is 2.26. The molecule has 1 atom stereocenters. The lowest BCUT2D eigenvalue weighted by Crippen LogP contribution is -2.34. The van der Waals surface area contributed by atoms with Gasteiger partial charge in [0.25, 0.3) is 5.56 Å². The molecule has 29 heavy (non-hydrogen) atoms. The summed E-state index contributed by atoms with van der Waals surface area (Å²) in [6.45, 7) is 7.85. The maximum absolute atomic E-state index is 13.4. The van der Waals surface area contributed by atoms with E-state index >= 15 is 0 Å². The number of pyridine rings is 1. The quantitative estimate of drug-likeness (QED) is 0.459. The summed E-state index contributed by atoms with van der Waals surface area (Å²) in [6.07, 6.45) is 3.84. The van der Waals surface area contributed by atoms with Crippen molar-refractivity contribution < 1.29 is 4.79 Å². The number of aromatic nitrogens is 3. The van der Waals surface area contributed by atoms with E-state index in [2.05, 4.69) is 4.98 Å². The number of thiophene rings is 1. The molecule has 0 saturated carbocycles. The number of carbonyl (C=O) groups is 1. The highest BCUT2D eigenvalue weighted by Crippen LogP contribution is 2.30. The van der Waals surface area contributed by atoms with Gasteiger partial charge in [0.05, 0.1) is 22.9 Å². The highest BCUT2D eigenvalue weighted by atomic mass is 32.2. The first-order chi connectivity index (χ1) is 14.0. The molecule has 0 radical (unpaired) electrons. The van der Waals surface area contributed by atoms with Gasteiger partial charge in [0, 0.05) is 24.2 Å². The van der Waals surface area contributed by atoms with Crippen molar-refractivity contribution in [3.63, 3.8) is 0 Å². The van der Waals surface area contributed by atoms with E-state index in [0.717, 1.165) is 46.9 Å². The van der Waals surface area contributed by atoms with E-state index in [0.29, 0.717) is 17.1 Å². The standard InChI is InChI=1S/C21H24N4O2S2/c1-13-14(2)28-18-17(13)20(27)25(12-16-8-4-5-9-22-16)21(23-18)29-15(3)19(26)24-10-6-7-11-24/h4-5,8-9,15H,6-7,10-12H2,1-3H3. The molecular formula is C21H24N4O2S2. The smallest absolute Gasteiger partial charge is 0.263 e. The van der Waals surface area contributed by atoms with Gasteiger partial charge in [0.2, 0.25) is 5.91 Å². The summed E-state index contributed by atoms with van der Waals surface area (Å²) in [4.78, 5) is 39.1. The van der Waals surface area contributed by atoms with E-state index in [9.17, 15) is 9.59 Å². The first kappa shape index (κ1) is 20.1. The number of amides is 1. The molecule has 0 spiro atoms. The van der Waals surface area contributed by atoms with E-state index in [1.807, 2.05) is 43.9 Å². The van der Waals surface area contributed by atoms with Gasteiger partial charge in [-0.1, -0.05) is 17.8 Å². The van der Waals surface area contributed by atoms with Crippen molar-refractivity contribution in [3.8, 4) is 0 Å². The molecule has 4 rings (SSSR count). The molecule has 1 aliphatic heterocycles. The zero-order valence-corrected chi connectivity index (χ0v) is 18.5. The minimum atomic E-state index is -0.297. The predicted molar refractivity (Wildman–Crippen MR) is 118 cm³/mol. The Bertz CT molecular complexity index is 1100. The Kier molecular flexibility index (Phi) is 5.74. The number of carbonyl (C=O) groups excluding carboxylic acids is 1. The fraction of sp³-hybridized carbons (Fsp3) is 0.429. The van der Waals surface area contributed by atoms with E-state index in [1.54, 1.807) is 10.8 Å². The van der Waals surface area contributed by atoms with Crippen molar-refractivity contribution in [3.05, 3.63) is 50.9 Å². The summed E-state index contributed by atoms with van der Waals surface area (Å²) in [7, 11) is 0. The first-order valence-electron chi connectivity index (χ1n) is 9.81. The van der Waals surface area contributed by atoms with Crippen molar-refractivity contribution >= 4 is 39.2 Å². The van der Waals surface area contributed by atoms with Gasteiger partial charge in [-0.3, -0.25) is 19.1 Å². The van der Waals surface area contributed by atoms with Crippen LogP contribution in [0.5, 0.6) is 0 Å². The fourth-order valence-electron chi connectivity index (χ4n) is 3.59. The maximum Gasteiger partial charge on any atom is 0.263 e. The summed E-state index contributed by atoms with van der Waals surface area (Å²) in [5, 5.41) is 0.954. The zero-order valence-electron chi connectivity index (χ0n) is 16.8. The molecule has 0 bridgehead atoms. The Balaban J connectivity index is 1.75. The molecule has 1 aliphatic rings. The average molecular weight is 429 g/mol. The molecule has 4 heterocycles. The van der Waals surface area contributed by atoms with Gasteiger partial charge in [0.15, 0.2) is 5.16 Å². The van der Waals surface area contributed by atoms with Crippen LogP contribution in [-0.4, -0.2) is 43.7 Å². The van der Waals surface area contributed by atoms with Crippen molar-refractivity contribution in [2.45, 2.75) is 50.6 Å². The van der Waals surface area contributed by atoms with Crippen LogP contribution in [0.15, 0.2) is 34.3 Å². The molecule has 152 valence electrons. The van der Waals surface area contributed by atoms with Crippen LogP contribution in [0.3, 0.4) is 0 Å². The minimum Gasteiger partial charge on any atom is -0.342 e. The van der Waals surface area contributed by atoms with E-state index in [1.165, 1.54) is 23.1 Å². The Morgan fingerprint density at radius 3 is 2.72 bits per heavy atom. The second kappa shape index (κ2) is 8.28. The number of hydrogen-bond acceptors (Lipinski definition) is 6. The number of thioether (sulfide) groups is 1. The van der Waals surface area contributed by atoms with Crippen LogP contribution < -0.4 is 5.56 Å². The lowest BCUT2D eigenvalue weighted by Gasteiger charge is -2.20. The van der Waals surface area contributed by atoms with Crippen LogP contribution in [-0.2, 0) is 11.3 Å². The number of nitrogens with zero attached hydrogens (tertiary/aromatic N) is 4. The third-order valence-electron chi connectivity index (χ3n) is 5.35. The van der Waals surface area contributed by atoms with Crippen molar-refractivity contribution in [1.82, 2.24) is 19.4 Å². The fourth-order valence-corrected chi connectivity index (χ4v) is 5.66. The molecule has 1 fully saturated rings. The highest BCUT2D eigenvalue weighted by molar-refractivity contribution is 8.00. The summed E-state index contributed by atoms with van der Waals surface area (Å²) < 4.78 is 1.67. The summed E-state index contributed by atoms with van der Waals surface area (Å²) in [5.41, 5.74) is 1.71. The van der Waals surface area contributed by atoms with Crippen molar-refractivity contribution in [2.24, 2.45) is 0 Å². The predicted octanol–water partition coefficient (Wildman–Crippen LogP) is 3.62. The first-order valence-corrected chi connectivity index (χ1v) is 11.5. The molecule has 1 amide bonds. The molecule has 6 nitrogen and oxygen atoms in total. The van der Waals surface area contributed by atoms with Crippen LogP contribution >= 0.6 is 23.1 Å². The minimum absolute atomic E-state index is 0.0641. The number of fused-ring (bicyclic) bond motifs is 1. The van der Waals surface area contributed by atoms with Gasteiger partial charge in [-0.2, -0.15) is 0 Å². The lowest BCUT2D eigenvalue weighted by molar-refractivity contribution is -0.129. The average Bonchev–Trinajstić information content (AvgIpc) is 3.34. The Morgan fingerprint density at radius 1 is 1.28 bits per heavy atom. The molecule has 0 N–H and O–H groups in total. The second-order valence-corrected chi connectivity index (χ2v) is 9.87. The zero-order chi connectivity index (χ0) is 20.5. The van der Waals surface area contributed by atoms with E-state index in [4.69, 9.17) is 4.98 Å². The number of likely N-dealkylation sites (tertiary alicyclic amines) is 1. The molecule has 0 aliphatic carbocycles. The largest absolute Gasteiger partial charge is 0.342 e. The Hall–Kier alpha value is -2.19. The van der Waals surface area contributed by atoms with Gasteiger partial charge in [0.1, 0.15) is 4.83 Å². The van der Waals surface area contributed by atoms with Crippen LogP contribution in [0.2, 0.25) is 0 Å². The van der Waals surface area contributed by atoms with E-state index in [-0.39, 0.29) is 16.7 Å². The third-order valence-corrected chi connectivity index (χ3v) is 7.53. The number of aryl methyl sites for hydroxylation is 2. The monoisotopic (exact) mass is 428 g/mol. The number of hydrogen-bond donors (Lipinski definition) is 0. The van der Waals surface area contributed by atoms with Gasteiger partial charge in [-0.15, -0.1) is 11.3 Å². The van der Waals surface area contributed by atoms with Crippen LogP contribution in [0.1, 0.15) is 35.9 Å². The molecule has 3 aromatic heterocycles. The van der Waals surface area contributed by atoms with Gasteiger partial charge < -0.3 is 4.90 Å². The lowest BCUT2D eigenvalue weighted by atomic mass is 10.2. The van der Waals surface area contributed by atoms with Gasteiger partial charge >= 0.3 is 0 Å². The maximum atomic E-state index is 13.4. The van der Waals surface area contributed by atoms with Crippen LogP contribution in [0.25, 0.3) is 10.2 Å². The SMILES string of the molecule is Cc1sc2nc(SC(C)C(=O)N3CCCC3)n(Cc3ccccn3)c(=O)c2c1C. The Labute approximate surface area is 178 Å². The van der Waals surface area contributed by atoms with Crippen molar-refractivity contribution in [2.75, 3.05) is 13.1 Å². The van der Waals surface area contributed by atoms with Crippen LogP contribution in [0.4, 0.5) is 0 Å². The molecule has 1 unspecified atom stereocenters. The van der Waals surface area contributed by atoms with Gasteiger partial charge in [-0.05, 0) is 51.3 Å². The topological polar surface area (TPSA) is 68.1 Å². The third kappa shape index (κ3) is 3.96. The van der Waals surface area contributed by atoms with Crippen LogP contribution in [0, 0.1) is 13.8 Å². The second-order valence-electron chi connectivity index (χ2n) is 7.36. The summed E-state index contributed by atoms with van der Waals surface area (Å²) in [5.74, 6) is 0.116. The molecule has 0 aromatic carbocycles. The summed E-state index contributed by atoms with van der Waals surface area (Å²) in [6, 6.07) is 5.66. The molecule has 8 heteroatoms. The molecule has 3 aromatic rings. The normalized spacial score (nSPS) is 15.2. The van der Waals surface area contributed by atoms with Gasteiger partial charge in [-0.25, -0.2) is 4.98 Å². The Morgan fingerprint density at radius 2 is 2.03 bits per heavy atom. The molecular weight excluding hydrogens is 404 g/mol. The van der Waals surface area contributed by atoms with Crippen molar-refractivity contribution in [1.29, 1.82) is 0 Å². The molecule has 1 saturated heterocycles. The number of rotatable bonds is 5. The summed E-state index contributed by atoms with van der Waals surface area (Å²) >= 11 is 2.90. The van der Waals surface area contributed by atoms with E-state index < -0.39 is 0 Å².